The van der Waals surface area contributed by atoms with E-state index in [1.807, 2.05) is 36.4 Å². The minimum atomic E-state index is -1.11. The molecule has 2 amide bonds. The van der Waals surface area contributed by atoms with Gasteiger partial charge < -0.3 is 25.0 Å². The minimum absolute atomic E-state index is 0.0575. The molecule has 2 aromatic carbocycles. The molecule has 1 heterocycles. The van der Waals surface area contributed by atoms with E-state index in [1.54, 1.807) is 11.5 Å². The molecule has 1 atom stereocenters. The van der Waals surface area contributed by atoms with Gasteiger partial charge in [-0.2, -0.15) is 0 Å². The zero-order valence-electron chi connectivity index (χ0n) is 18.7. The van der Waals surface area contributed by atoms with E-state index in [2.05, 4.69) is 27.8 Å². The molecule has 0 saturated heterocycles. The summed E-state index contributed by atoms with van der Waals surface area (Å²) in [7, 11) is 0. The van der Waals surface area contributed by atoms with Gasteiger partial charge in [-0.05, 0) is 28.7 Å². The van der Waals surface area contributed by atoms with Gasteiger partial charge in [0, 0.05) is 25.2 Å². The number of carboxylic acid groups (broad SMARTS) is 1. The predicted molar refractivity (Wildman–Crippen MR) is 124 cm³/mol. The fourth-order valence-corrected chi connectivity index (χ4v) is 4.16. The molecule has 0 fully saturated rings. The van der Waals surface area contributed by atoms with Crippen molar-refractivity contribution in [3.63, 3.8) is 0 Å². The van der Waals surface area contributed by atoms with E-state index in [1.165, 1.54) is 12.5 Å². The molecule has 0 spiro atoms. The van der Waals surface area contributed by atoms with E-state index < -0.39 is 18.1 Å². The van der Waals surface area contributed by atoms with Crippen molar-refractivity contribution >= 4 is 18.0 Å². The Balaban J connectivity index is 1.28. The predicted octanol–water partition coefficient (Wildman–Crippen LogP) is 3.01. The molecule has 1 aliphatic carbocycles. The lowest BCUT2D eigenvalue weighted by Gasteiger charge is -2.18. The SMILES string of the molecule is CC[C@@H](NC(=O)OCC1c2ccccc2-c2ccccc21)C(=O)NCCn1cnc(C(=O)O)c1. The van der Waals surface area contributed by atoms with Gasteiger partial charge in [0.2, 0.25) is 5.91 Å². The zero-order chi connectivity index (χ0) is 24.1. The van der Waals surface area contributed by atoms with E-state index in [9.17, 15) is 14.4 Å². The molecule has 3 N–H and O–H groups in total. The molecule has 1 aromatic heterocycles. The monoisotopic (exact) mass is 462 g/mol. The second kappa shape index (κ2) is 10.2. The number of carboxylic acids is 1. The van der Waals surface area contributed by atoms with Crippen LogP contribution in [-0.2, 0) is 16.1 Å². The quantitative estimate of drug-likeness (QED) is 0.449. The fourth-order valence-electron chi connectivity index (χ4n) is 4.16. The molecule has 0 aliphatic heterocycles. The Morgan fingerprint density at radius 3 is 2.32 bits per heavy atom. The third-order valence-corrected chi connectivity index (χ3v) is 5.88. The molecular formula is C25H26N4O5. The topological polar surface area (TPSA) is 123 Å². The van der Waals surface area contributed by atoms with Crippen molar-refractivity contribution in [1.82, 2.24) is 20.2 Å². The summed E-state index contributed by atoms with van der Waals surface area (Å²) in [5.41, 5.74) is 4.46. The number of nitrogens with zero attached hydrogens (tertiary/aromatic N) is 2. The first kappa shape index (κ1) is 23.0. The van der Waals surface area contributed by atoms with Crippen molar-refractivity contribution in [2.75, 3.05) is 13.2 Å². The second-order valence-electron chi connectivity index (χ2n) is 8.02. The number of nitrogens with one attached hydrogen (secondary N) is 2. The molecule has 9 heteroatoms. The number of ether oxygens (including phenoxy) is 1. The van der Waals surface area contributed by atoms with Crippen LogP contribution in [0.15, 0.2) is 61.1 Å². The van der Waals surface area contributed by atoms with Crippen LogP contribution in [0.3, 0.4) is 0 Å². The Kier molecular flexibility index (Phi) is 6.91. The Bertz CT molecular complexity index is 1160. The number of carbonyl (C=O) groups excluding carboxylic acids is 2. The molecule has 0 unspecified atom stereocenters. The molecule has 4 rings (SSSR count). The number of carbonyl (C=O) groups is 3. The van der Waals surface area contributed by atoms with Crippen LogP contribution >= 0.6 is 0 Å². The summed E-state index contributed by atoms with van der Waals surface area (Å²) < 4.78 is 7.10. The summed E-state index contributed by atoms with van der Waals surface area (Å²) in [6.45, 7) is 2.58. The van der Waals surface area contributed by atoms with Crippen molar-refractivity contribution in [1.29, 1.82) is 0 Å². The largest absolute Gasteiger partial charge is 0.476 e. The van der Waals surface area contributed by atoms with Gasteiger partial charge in [0.25, 0.3) is 0 Å². The van der Waals surface area contributed by atoms with Crippen LogP contribution in [0.4, 0.5) is 4.79 Å². The highest BCUT2D eigenvalue weighted by molar-refractivity contribution is 5.86. The highest BCUT2D eigenvalue weighted by atomic mass is 16.5. The van der Waals surface area contributed by atoms with E-state index in [-0.39, 0.29) is 30.7 Å². The first-order chi connectivity index (χ1) is 16.5. The molecule has 176 valence electrons. The standard InChI is InChI=1S/C25H26N4O5/c1-2-21(23(30)26-11-12-29-13-22(24(31)32)27-15-29)28-25(33)34-14-20-18-9-5-3-7-16(18)17-8-4-6-10-19(17)20/h3-10,13,15,20-21H,2,11-12,14H2,1H3,(H,26,30)(H,28,33)(H,31,32)/t21-/m1/s1. The van der Waals surface area contributed by atoms with E-state index in [0.29, 0.717) is 13.0 Å². The maximum absolute atomic E-state index is 12.5. The lowest BCUT2D eigenvalue weighted by molar-refractivity contribution is -0.123. The van der Waals surface area contributed by atoms with Gasteiger partial charge in [0.05, 0.1) is 6.33 Å². The Morgan fingerprint density at radius 1 is 1.09 bits per heavy atom. The van der Waals surface area contributed by atoms with Crippen LogP contribution in [0.25, 0.3) is 11.1 Å². The lowest BCUT2D eigenvalue weighted by Crippen LogP contribution is -2.47. The van der Waals surface area contributed by atoms with Crippen molar-refractivity contribution in [2.45, 2.75) is 31.8 Å². The first-order valence-corrected chi connectivity index (χ1v) is 11.1. The Labute approximate surface area is 196 Å². The highest BCUT2D eigenvalue weighted by Crippen LogP contribution is 2.44. The smallest absolute Gasteiger partial charge is 0.407 e. The normalized spacial score (nSPS) is 13.0. The number of rotatable bonds is 9. The summed E-state index contributed by atoms with van der Waals surface area (Å²) in [4.78, 5) is 39.6. The molecule has 34 heavy (non-hydrogen) atoms. The Hall–Kier alpha value is -4.14. The van der Waals surface area contributed by atoms with Gasteiger partial charge in [-0.1, -0.05) is 55.5 Å². The maximum Gasteiger partial charge on any atom is 0.407 e. The number of benzene rings is 2. The maximum atomic E-state index is 12.5. The number of amides is 2. The van der Waals surface area contributed by atoms with Crippen LogP contribution < -0.4 is 10.6 Å². The molecule has 0 saturated carbocycles. The molecule has 9 nitrogen and oxygen atoms in total. The van der Waals surface area contributed by atoms with Gasteiger partial charge in [0.15, 0.2) is 5.69 Å². The third-order valence-electron chi connectivity index (χ3n) is 5.88. The van der Waals surface area contributed by atoms with Gasteiger partial charge in [-0.3, -0.25) is 4.79 Å². The third kappa shape index (κ3) is 4.93. The second-order valence-corrected chi connectivity index (χ2v) is 8.02. The number of aromatic nitrogens is 2. The summed E-state index contributed by atoms with van der Waals surface area (Å²) in [5.74, 6) is -1.51. The van der Waals surface area contributed by atoms with Gasteiger partial charge >= 0.3 is 12.1 Å². The summed E-state index contributed by atoms with van der Waals surface area (Å²) in [5, 5.41) is 14.3. The molecular weight excluding hydrogens is 436 g/mol. The van der Waals surface area contributed by atoms with Crippen molar-refractivity contribution in [2.24, 2.45) is 0 Å². The van der Waals surface area contributed by atoms with Crippen LogP contribution in [0.5, 0.6) is 0 Å². The molecule has 0 radical (unpaired) electrons. The summed E-state index contributed by atoms with van der Waals surface area (Å²) >= 11 is 0. The van der Waals surface area contributed by atoms with E-state index in [4.69, 9.17) is 9.84 Å². The average molecular weight is 463 g/mol. The first-order valence-electron chi connectivity index (χ1n) is 11.1. The van der Waals surface area contributed by atoms with Gasteiger partial charge in [-0.15, -0.1) is 0 Å². The van der Waals surface area contributed by atoms with Crippen molar-refractivity contribution in [3.8, 4) is 11.1 Å². The van der Waals surface area contributed by atoms with E-state index >= 15 is 0 Å². The van der Waals surface area contributed by atoms with Gasteiger partial charge in [-0.25, -0.2) is 14.6 Å². The number of hydrogen-bond donors (Lipinski definition) is 3. The highest BCUT2D eigenvalue weighted by Gasteiger charge is 2.29. The number of imidazole rings is 1. The zero-order valence-corrected chi connectivity index (χ0v) is 18.7. The van der Waals surface area contributed by atoms with Gasteiger partial charge in [0.1, 0.15) is 12.6 Å². The number of alkyl carbamates (subject to hydrolysis) is 1. The van der Waals surface area contributed by atoms with Crippen LogP contribution in [0, 0.1) is 0 Å². The molecule has 3 aromatic rings. The number of hydrogen-bond acceptors (Lipinski definition) is 5. The Morgan fingerprint density at radius 2 is 1.74 bits per heavy atom. The fraction of sp³-hybridized carbons (Fsp3) is 0.280. The van der Waals surface area contributed by atoms with E-state index in [0.717, 1.165) is 22.3 Å². The average Bonchev–Trinajstić information content (AvgIpc) is 3.44. The molecule has 0 bridgehead atoms. The minimum Gasteiger partial charge on any atom is -0.476 e. The van der Waals surface area contributed by atoms with Crippen LogP contribution in [-0.4, -0.2) is 51.8 Å². The van der Waals surface area contributed by atoms with Crippen molar-refractivity contribution < 1.29 is 24.2 Å². The lowest BCUT2D eigenvalue weighted by atomic mass is 9.98. The van der Waals surface area contributed by atoms with Crippen LogP contribution in [0.2, 0.25) is 0 Å². The summed E-state index contributed by atoms with van der Waals surface area (Å²) in [6.07, 6.45) is 2.52. The van der Waals surface area contributed by atoms with Crippen LogP contribution in [0.1, 0.15) is 40.9 Å². The number of aromatic carboxylic acids is 1. The number of fused-ring (bicyclic) bond motifs is 3. The van der Waals surface area contributed by atoms with Crippen molar-refractivity contribution in [3.05, 3.63) is 77.9 Å². The summed E-state index contributed by atoms with van der Waals surface area (Å²) in [6, 6.07) is 15.4. The molecule has 1 aliphatic rings.